The van der Waals surface area contributed by atoms with Crippen molar-refractivity contribution in [3.8, 4) is 0 Å². The van der Waals surface area contributed by atoms with Crippen LogP contribution in [0.25, 0.3) is 0 Å². The molecule has 3 nitrogen and oxygen atoms in total. The maximum absolute atomic E-state index is 5.14. The first-order valence-electron chi connectivity index (χ1n) is 5.12. The highest BCUT2D eigenvalue weighted by molar-refractivity contribution is 7.80. The van der Waals surface area contributed by atoms with E-state index in [0.717, 1.165) is 31.2 Å². The van der Waals surface area contributed by atoms with Gasteiger partial charge in [-0.1, -0.05) is 13.3 Å². The van der Waals surface area contributed by atoms with Gasteiger partial charge in [-0.3, -0.25) is 5.43 Å². The molecule has 0 spiro atoms. The zero-order valence-corrected chi connectivity index (χ0v) is 9.12. The van der Waals surface area contributed by atoms with E-state index in [1.165, 1.54) is 19.3 Å². The van der Waals surface area contributed by atoms with Crippen molar-refractivity contribution in [2.45, 2.75) is 32.6 Å². The van der Waals surface area contributed by atoms with Gasteiger partial charge in [-0.15, -0.1) is 0 Å². The molecular formula is C9H19N3S. The normalized spacial score (nSPS) is 18.2. The van der Waals surface area contributed by atoms with Crippen molar-refractivity contribution in [3.05, 3.63) is 0 Å². The Bertz CT molecular complexity index is 155. The van der Waals surface area contributed by atoms with Gasteiger partial charge in [0.2, 0.25) is 0 Å². The van der Waals surface area contributed by atoms with Crippen LogP contribution >= 0.6 is 12.2 Å². The maximum atomic E-state index is 5.14. The third kappa shape index (κ3) is 4.43. The predicted molar refractivity (Wildman–Crippen MR) is 59.5 cm³/mol. The average molecular weight is 201 g/mol. The van der Waals surface area contributed by atoms with Crippen molar-refractivity contribution in [1.82, 2.24) is 15.8 Å². The molecule has 1 heterocycles. The van der Waals surface area contributed by atoms with E-state index in [-0.39, 0.29) is 0 Å². The van der Waals surface area contributed by atoms with Gasteiger partial charge >= 0.3 is 0 Å². The summed E-state index contributed by atoms with van der Waals surface area (Å²) in [5, 5.41) is 6.13. The molecule has 0 aliphatic carbocycles. The van der Waals surface area contributed by atoms with Gasteiger partial charge in [0.05, 0.1) is 0 Å². The zero-order valence-electron chi connectivity index (χ0n) is 8.31. The van der Waals surface area contributed by atoms with Gasteiger partial charge in [0.1, 0.15) is 0 Å². The van der Waals surface area contributed by atoms with E-state index < -0.39 is 0 Å². The molecule has 1 saturated heterocycles. The SMILES string of the molecule is CCCNC(=S)NN1CCCCC1. The minimum atomic E-state index is 0.767. The molecule has 0 bridgehead atoms. The lowest BCUT2D eigenvalue weighted by atomic mass is 10.2. The molecule has 0 atom stereocenters. The smallest absolute Gasteiger partial charge is 0.181 e. The fourth-order valence-corrected chi connectivity index (χ4v) is 1.66. The number of hydrogen-bond acceptors (Lipinski definition) is 2. The molecule has 0 saturated carbocycles. The van der Waals surface area contributed by atoms with Crippen molar-refractivity contribution in [3.63, 3.8) is 0 Å². The van der Waals surface area contributed by atoms with E-state index in [2.05, 4.69) is 22.7 Å². The second kappa shape index (κ2) is 6.16. The molecule has 76 valence electrons. The summed E-state index contributed by atoms with van der Waals surface area (Å²) in [7, 11) is 0. The summed E-state index contributed by atoms with van der Waals surface area (Å²) in [4.78, 5) is 0. The molecule has 2 N–H and O–H groups in total. The first-order chi connectivity index (χ1) is 6.33. The van der Waals surface area contributed by atoms with Crippen molar-refractivity contribution >= 4 is 17.3 Å². The highest BCUT2D eigenvalue weighted by Gasteiger charge is 2.09. The minimum absolute atomic E-state index is 0.767. The molecule has 0 amide bonds. The Morgan fingerprint density at radius 2 is 2.00 bits per heavy atom. The zero-order chi connectivity index (χ0) is 9.52. The van der Waals surface area contributed by atoms with Crippen LogP contribution < -0.4 is 10.7 Å². The fourth-order valence-electron chi connectivity index (χ4n) is 1.43. The second-order valence-electron chi connectivity index (χ2n) is 3.42. The fraction of sp³-hybridized carbons (Fsp3) is 0.889. The van der Waals surface area contributed by atoms with Crippen LogP contribution in [0.4, 0.5) is 0 Å². The lowest BCUT2D eigenvalue weighted by Gasteiger charge is -2.28. The molecule has 0 radical (unpaired) electrons. The highest BCUT2D eigenvalue weighted by atomic mass is 32.1. The van der Waals surface area contributed by atoms with E-state index in [4.69, 9.17) is 12.2 Å². The predicted octanol–water partition coefficient (Wildman–Crippen LogP) is 1.26. The van der Waals surface area contributed by atoms with Gasteiger partial charge < -0.3 is 5.32 Å². The average Bonchev–Trinajstić information content (AvgIpc) is 2.16. The molecule has 1 fully saturated rings. The topological polar surface area (TPSA) is 27.3 Å². The summed E-state index contributed by atoms with van der Waals surface area (Å²) in [5.74, 6) is 0. The largest absolute Gasteiger partial charge is 0.362 e. The van der Waals surface area contributed by atoms with Crippen LogP contribution in [0.15, 0.2) is 0 Å². The number of thiocarbonyl (C=S) groups is 1. The van der Waals surface area contributed by atoms with Crippen LogP contribution in [0.3, 0.4) is 0 Å². The number of hydrogen-bond donors (Lipinski definition) is 2. The van der Waals surface area contributed by atoms with Crippen LogP contribution in [0, 0.1) is 0 Å². The first kappa shape index (κ1) is 10.7. The van der Waals surface area contributed by atoms with E-state index in [9.17, 15) is 0 Å². The summed E-state index contributed by atoms with van der Waals surface area (Å²) < 4.78 is 0. The Hall–Kier alpha value is -0.350. The molecular weight excluding hydrogens is 182 g/mol. The quantitative estimate of drug-likeness (QED) is 0.672. The highest BCUT2D eigenvalue weighted by Crippen LogP contribution is 2.05. The Labute approximate surface area is 85.8 Å². The summed E-state index contributed by atoms with van der Waals surface area (Å²) in [6.07, 6.45) is 5.03. The summed E-state index contributed by atoms with van der Waals surface area (Å²) in [6.45, 7) is 5.33. The molecule has 0 aromatic rings. The molecule has 1 aliphatic rings. The van der Waals surface area contributed by atoms with Gasteiger partial charge in [0, 0.05) is 19.6 Å². The number of rotatable bonds is 3. The van der Waals surface area contributed by atoms with Gasteiger partial charge in [-0.25, -0.2) is 5.01 Å². The van der Waals surface area contributed by atoms with Gasteiger partial charge in [0.25, 0.3) is 0 Å². The molecule has 1 aliphatic heterocycles. The second-order valence-corrected chi connectivity index (χ2v) is 3.82. The number of piperidine rings is 1. The lowest BCUT2D eigenvalue weighted by Crippen LogP contribution is -2.49. The monoisotopic (exact) mass is 201 g/mol. The van der Waals surface area contributed by atoms with E-state index >= 15 is 0 Å². The van der Waals surface area contributed by atoms with Gasteiger partial charge in [-0.2, -0.15) is 0 Å². The molecule has 0 unspecified atom stereocenters. The number of nitrogens with zero attached hydrogens (tertiary/aromatic N) is 1. The molecule has 0 aromatic heterocycles. The first-order valence-corrected chi connectivity index (χ1v) is 5.53. The van der Waals surface area contributed by atoms with Crippen molar-refractivity contribution in [2.24, 2.45) is 0 Å². The Morgan fingerprint density at radius 1 is 1.31 bits per heavy atom. The Morgan fingerprint density at radius 3 is 2.62 bits per heavy atom. The lowest BCUT2D eigenvalue weighted by molar-refractivity contribution is 0.193. The van der Waals surface area contributed by atoms with Crippen molar-refractivity contribution < 1.29 is 0 Å². The summed E-state index contributed by atoms with van der Waals surface area (Å²) >= 11 is 5.14. The van der Waals surface area contributed by atoms with Crippen molar-refractivity contribution in [2.75, 3.05) is 19.6 Å². The van der Waals surface area contributed by atoms with E-state index in [1.807, 2.05) is 0 Å². The van der Waals surface area contributed by atoms with Crippen LogP contribution in [0.1, 0.15) is 32.6 Å². The van der Waals surface area contributed by atoms with E-state index in [1.54, 1.807) is 0 Å². The third-order valence-corrected chi connectivity index (χ3v) is 2.39. The van der Waals surface area contributed by atoms with Crippen LogP contribution in [0.5, 0.6) is 0 Å². The van der Waals surface area contributed by atoms with Gasteiger partial charge in [0.15, 0.2) is 5.11 Å². The number of nitrogens with one attached hydrogen (secondary N) is 2. The molecule has 1 rings (SSSR count). The Balaban J connectivity index is 2.11. The Kier molecular flexibility index (Phi) is 5.08. The van der Waals surface area contributed by atoms with Crippen molar-refractivity contribution in [1.29, 1.82) is 0 Å². The van der Waals surface area contributed by atoms with Crippen LogP contribution in [0.2, 0.25) is 0 Å². The molecule has 13 heavy (non-hydrogen) atoms. The molecule has 4 heteroatoms. The standard InChI is InChI=1S/C9H19N3S/c1-2-6-10-9(13)11-12-7-4-3-5-8-12/h2-8H2,1H3,(H2,10,11,13). The maximum Gasteiger partial charge on any atom is 0.181 e. The number of hydrazine groups is 1. The van der Waals surface area contributed by atoms with E-state index in [0.29, 0.717) is 0 Å². The minimum Gasteiger partial charge on any atom is -0.362 e. The third-order valence-electron chi connectivity index (χ3n) is 2.15. The summed E-state index contributed by atoms with van der Waals surface area (Å²) in [5.41, 5.74) is 3.21. The molecule has 0 aromatic carbocycles. The van der Waals surface area contributed by atoms with Gasteiger partial charge in [-0.05, 0) is 31.5 Å². The van der Waals surface area contributed by atoms with Crippen LogP contribution in [-0.4, -0.2) is 29.8 Å². The summed E-state index contributed by atoms with van der Waals surface area (Å²) in [6, 6.07) is 0. The van der Waals surface area contributed by atoms with Crippen LogP contribution in [-0.2, 0) is 0 Å².